The molecule has 0 saturated carbocycles. The molecule has 2 rings (SSSR count). The topological polar surface area (TPSA) is 18.5 Å². The summed E-state index contributed by atoms with van der Waals surface area (Å²) in [5.74, 6) is 1.80. The standard InChI is InChI=1S/C8H7O2.3CH3.Sn/c1-6-2-3-7-8(4-6)10-5-9-7;;;;/h2-4H,1,5H2;3*1H3;. The van der Waals surface area contributed by atoms with Gasteiger partial charge in [0.05, 0.1) is 0 Å². The molecule has 1 aliphatic rings. The first-order chi connectivity index (χ1) is 6.54. The summed E-state index contributed by atoms with van der Waals surface area (Å²) in [5.41, 5.74) is 1.40. The maximum atomic E-state index is 5.35. The first-order valence-electron chi connectivity index (χ1n) is 4.93. The van der Waals surface area contributed by atoms with Gasteiger partial charge < -0.3 is 0 Å². The molecule has 1 aliphatic heterocycles. The average Bonchev–Trinajstić information content (AvgIpc) is 2.47. The third-order valence-electron chi connectivity index (χ3n) is 2.17. The second-order valence-corrected chi connectivity index (χ2v) is 20.6. The fourth-order valence-corrected chi connectivity index (χ4v) is 5.79. The Hall–Kier alpha value is -0.381. The molecule has 1 heterocycles. The Morgan fingerprint density at radius 3 is 2.57 bits per heavy atom. The van der Waals surface area contributed by atoms with Crippen molar-refractivity contribution in [3.8, 4) is 11.5 Å². The van der Waals surface area contributed by atoms with E-state index >= 15 is 0 Å². The van der Waals surface area contributed by atoms with Crippen molar-refractivity contribution in [2.45, 2.75) is 19.3 Å². The van der Waals surface area contributed by atoms with Crippen molar-refractivity contribution in [1.82, 2.24) is 0 Å². The van der Waals surface area contributed by atoms with Crippen LogP contribution in [-0.2, 0) is 4.44 Å². The van der Waals surface area contributed by atoms with Crippen LogP contribution < -0.4 is 9.47 Å². The van der Waals surface area contributed by atoms with Gasteiger partial charge in [-0.3, -0.25) is 0 Å². The van der Waals surface area contributed by atoms with Crippen molar-refractivity contribution >= 4 is 18.4 Å². The SMILES string of the molecule is [CH3][Sn]([CH3])([CH3])[CH2]c1ccc2c(c1)OCO2. The van der Waals surface area contributed by atoms with Crippen molar-refractivity contribution in [1.29, 1.82) is 0 Å². The van der Waals surface area contributed by atoms with Crippen molar-refractivity contribution in [3.05, 3.63) is 23.8 Å². The van der Waals surface area contributed by atoms with Gasteiger partial charge in [-0.15, -0.1) is 0 Å². The summed E-state index contributed by atoms with van der Waals surface area (Å²) in [4.78, 5) is 7.33. The number of rotatable bonds is 2. The van der Waals surface area contributed by atoms with Crippen LogP contribution in [0.5, 0.6) is 11.5 Å². The molecule has 3 heteroatoms. The Morgan fingerprint density at radius 1 is 1.14 bits per heavy atom. The Labute approximate surface area is 89.1 Å². The van der Waals surface area contributed by atoms with Crippen LogP contribution in [0.25, 0.3) is 0 Å². The molecule has 14 heavy (non-hydrogen) atoms. The van der Waals surface area contributed by atoms with Crippen LogP contribution in [0, 0.1) is 0 Å². The number of hydrogen-bond acceptors (Lipinski definition) is 2. The number of ether oxygens (including phenoxy) is 2. The second-order valence-electron chi connectivity index (χ2n) is 4.93. The van der Waals surface area contributed by atoms with Crippen LogP contribution in [0.2, 0.25) is 14.8 Å². The summed E-state index contributed by atoms with van der Waals surface area (Å²) < 4.78 is 11.9. The number of benzene rings is 1. The number of fused-ring (bicyclic) bond motifs is 1. The third kappa shape index (κ3) is 2.35. The monoisotopic (exact) mass is 300 g/mol. The van der Waals surface area contributed by atoms with E-state index in [-0.39, 0.29) is 0 Å². The zero-order chi connectivity index (χ0) is 10.2. The molecule has 0 aromatic heterocycles. The summed E-state index contributed by atoms with van der Waals surface area (Å²) in [6.07, 6.45) is 0. The molecule has 76 valence electrons. The van der Waals surface area contributed by atoms with Crippen LogP contribution in [0.1, 0.15) is 5.56 Å². The Bertz CT molecular complexity index is 342. The van der Waals surface area contributed by atoms with Crippen molar-refractivity contribution in [2.75, 3.05) is 6.79 Å². The van der Waals surface area contributed by atoms with Crippen molar-refractivity contribution < 1.29 is 9.47 Å². The fraction of sp³-hybridized carbons (Fsp3) is 0.455. The molecule has 0 amide bonds. The van der Waals surface area contributed by atoms with Crippen LogP contribution in [0.15, 0.2) is 18.2 Å². The minimum atomic E-state index is -1.71. The summed E-state index contributed by atoms with van der Waals surface area (Å²) in [7, 11) is 0. The van der Waals surface area contributed by atoms with E-state index in [1.165, 1.54) is 10.0 Å². The minimum absolute atomic E-state index is 0.373. The molecule has 0 unspecified atom stereocenters. The quantitative estimate of drug-likeness (QED) is 0.782. The van der Waals surface area contributed by atoms with Crippen LogP contribution >= 0.6 is 0 Å². The molecule has 0 radical (unpaired) electrons. The number of hydrogen-bond donors (Lipinski definition) is 0. The second kappa shape index (κ2) is 3.64. The summed E-state index contributed by atoms with van der Waals surface area (Å²) >= 11 is -1.71. The zero-order valence-electron chi connectivity index (χ0n) is 8.96. The Balaban J connectivity index is 2.21. The van der Waals surface area contributed by atoms with Crippen LogP contribution in [-0.4, -0.2) is 25.2 Å². The van der Waals surface area contributed by atoms with Gasteiger partial charge in [0.25, 0.3) is 0 Å². The molecule has 2 nitrogen and oxygen atoms in total. The van der Waals surface area contributed by atoms with Gasteiger partial charge in [0.15, 0.2) is 0 Å². The van der Waals surface area contributed by atoms with Gasteiger partial charge in [0, 0.05) is 0 Å². The molecule has 1 aromatic carbocycles. The molecular weight excluding hydrogens is 283 g/mol. The molecule has 0 fully saturated rings. The van der Waals surface area contributed by atoms with Gasteiger partial charge in [-0.05, 0) is 0 Å². The van der Waals surface area contributed by atoms with E-state index in [1.807, 2.05) is 6.07 Å². The van der Waals surface area contributed by atoms with E-state index in [0.29, 0.717) is 6.79 Å². The van der Waals surface area contributed by atoms with Crippen LogP contribution in [0.4, 0.5) is 0 Å². The molecule has 0 aliphatic carbocycles. The van der Waals surface area contributed by atoms with E-state index in [0.717, 1.165) is 11.5 Å². The van der Waals surface area contributed by atoms with Gasteiger partial charge in [-0.1, -0.05) is 0 Å². The molecule has 0 bridgehead atoms. The maximum absolute atomic E-state index is 5.35. The van der Waals surface area contributed by atoms with Gasteiger partial charge in [0.1, 0.15) is 0 Å². The Morgan fingerprint density at radius 2 is 1.86 bits per heavy atom. The summed E-state index contributed by atoms with van der Waals surface area (Å²) in [6, 6.07) is 6.31. The zero-order valence-corrected chi connectivity index (χ0v) is 11.8. The van der Waals surface area contributed by atoms with Gasteiger partial charge in [-0.2, -0.15) is 0 Å². The normalized spacial score (nSPS) is 14.5. The van der Waals surface area contributed by atoms with Crippen molar-refractivity contribution in [2.24, 2.45) is 0 Å². The molecule has 0 atom stereocenters. The fourth-order valence-electron chi connectivity index (χ4n) is 1.66. The van der Waals surface area contributed by atoms with E-state index < -0.39 is 18.4 Å². The first kappa shape index (κ1) is 10.1. The van der Waals surface area contributed by atoms with E-state index in [9.17, 15) is 0 Å². The summed E-state index contributed by atoms with van der Waals surface area (Å²) in [6.45, 7) is 0.373. The van der Waals surface area contributed by atoms with E-state index in [1.54, 1.807) is 0 Å². The molecule has 0 saturated heterocycles. The third-order valence-corrected chi connectivity index (χ3v) is 6.36. The molecular formula is C11H16O2Sn. The summed E-state index contributed by atoms with van der Waals surface area (Å²) in [5, 5.41) is 0. The van der Waals surface area contributed by atoms with Gasteiger partial charge >= 0.3 is 89.2 Å². The predicted molar refractivity (Wildman–Crippen MR) is 59.6 cm³/mol. The average molecular weight is 299 g/mol. The molecule has 0 spiro atoms. The predicted octanol–water partition coefficient (Wildman–Crippen LogP) is 2.84. The van der Waals surface area contributed by atoms with Gasteiger partial charge in [-0.25, -0.2) is 0 Å². The van der Waals surface area contributed by atoms with E-state index in [2.05, 4.69) is 27.0 Å². The molecule has 0 N–H and O–H groups in total. The van der Waals surface area contributed by atoms with Gasteiger partial charge in [0.2, 0.25) is 0 Å². The van der Waals surface area contributed by atoms with Crippen LogP contribution in [0.3, 0.4) is 0 Å². The van der Waals surface area contributed by atoms with E-state index in [4.69, 9.17) is 9.47 Å². The Kier molecular flexibility index (Phi) is 2.64. The van der Waals surface area contributed by atoms with Crippen molar-refractivity contribution in [3.63, 3.8) is 0 Å². The first-order valence-corrected chi connectivity index (χ1v) is 15.5. The molecule has 1 aromatic rings.